The number of rotatable bonds is 3. The summed E-state index contributed by atoms with van der Waals surface area (Å²) in [5.74, 6) is -0.413. The van der Waals surface area contributed by atoms with Crippen molar-refractivity contribution in [2.45, 2.75) is 12.7 Å². The van der Waals surface area contributed by atoms with Crippen molar-refractivity contribution >= 4 is 11.0 Å². The lowest BCUT2D eigenvalue weighted by Crippen LogP contribution is -2.17. The molecule has 4 aromatic rings. The summed E-state index contributed by atoms with van der Waals surface area (Å²) in [5.41, 5.74) is 1.15. The molecule has 3 nitrogen and oxygen atoms in total. The topological polar surface area (TPSA) is 37.8 Å². The molecular formula is C21H14F4N2O. The van der Waals surface area contributed by atoms with Gasteiger partial charge in [0.25, 0.3) is 0 Å². The molecule has 0 atom stereocenters. The monoisotopic (exact) mass is 386 g/mol. The highest BCUT2D eigenvalue weighted by atomic mass is 19.4. The van der Waals surface area contributed by atoms with Gasteiger partial charge in [-0.25, -0.2) is 9.18 Å². The Balaban J connectivity index is 1.76. The average molecular weight is 386 g/mol. The zero-order chi connectivity index (χ0) is 19.9. The molecule has 1 heterocycles. The molecule has 28 heavy (non-hydrogen) atoms. The van der Waals surface area contributed by atoms with Gasteiger partial charge in [0, 0.05) is 5.56 Å². The van der Waals surface area contributed by atoms with Crippen LogP contribution >= 0.6 is 0 Å². The molecule has 4 rings (SSSR count). The van der Waals surface area contributed by atoms with Crippen molar-refractivity contribution in [2.75, 3.05) is 0 Å². The Kier molecular flexibility index (Phi) is 4.30. The van der Waals surface area contributed by atoms with Crippen molar-refractivity contribution in [1.82, 2.24) is 9.55 Å². The van der Waals surface area contributed by atoms with Crippen LogP contribution in [0.1, 0.15) is 11.1 Å². The van der Waals surface area contributed by atoms with Crippen LogP contribution < -0.4 is 5.69 Å². The van der Waals surface area contributed by atoms with Crippen LogP contribution in [0.25, 0.3) is 22.2 Å². The summed E-state index contributed by atoms with van der Waals surface area (Å²) in [6, 6.07) is 16.1. The molecule has 0 aliphatic carbocycles. The number of nitrogens with zero attached hydrogens (tertiary/aromatic N) is 1. The van der Waals surface area contributed by atoms with Crippen molar-refractivity contribution in [3.8, 4) is 11.1 Å². The van der Waals surface area contributed by atoms with Crippen LogP contribution in [0, 0.1) is 5.82 Å². The first-order valence-corrected chi connectivity index (χ1v) is 8.46. The van der Waals surface area contributed by atoms with E-state index in [9.17, 15) is 22.4 Å². The first kappa shape index (κ1) is 18.0. The van der Waals surface area contributed by atoms with Crippen molar-refractivity contribution in [3.63, 3.8) is 0 Å². The van der Waals surface area contributed by atoms with Gasteiger partial charge in [0.2, 0.25) is 0 Å². The van der Waals surface area contributed by atoms with E-state index in [1.54, 1.807) is 42.5 Å². The highest BCUT2D eigenvalue weighted by molar-refractivity contribution is 5.82. The molecule has 142 valence electrons. The van der Waals surface area contributed by atoms with Crippen LogP contribution in [-0.2, 0) is 12.7 Å². The predicted molar refractivity (Wildman–Crippen MR) is 98.5 cm³/mol. The summed E-state index contributed by atoms with van der Waals surface area (Å²) in [4.78, 5) is 15.0. The van der Waals surface area contributed by atoms with Crippen LogP contribution in [-0.4, -0.2) is 9.55 Å². The predicted octanol–water partition coefficient (Wildman–Crippen LogP) is 5.20. The summed E-state index contributed by atoms with van der Waals surface area (Å²) < 4.78 is 54.2. The summed E-state index contributed by atoms with van der Waals surface area (Å²) in [6.45, 7) is 0.0500. The van der Waals surface area contributed by atoms with E-state index in [1.165, 1.54) is 16.7 Å². The van der Waals surface area contributed by atoms with Crippen molar-refractivity contribution < 1.29 is 17.6 Å². The zero-order valence-electron chi connectivity index (χ0n) is 14.4. The molecule has 0 fully saturated rings. The largest absolute Gasteiger partial charge is 0.416 e. The van der Waals surface area contributed by atoms with Gasteiger partial charge in [-0.2, -0.15) is 13.2 Å². The molecule has 0 amide bonds. The third-order valence-electron chi connectivity index (χ3n) is 4.58. The lowest BCUT2D eigenvalue weighted by atomic mass is 10.0. The maximum absolute atomic E-state index is 13.9. The molecule has 1 aromatic heterocycles. The minimum absolute atomic E-state index is 0.0500. The number of aromatic nitrogens is 2. The Morgan fingerprint density at radius 3 is 2.39 bits per heavy atom. The van der Waals surface area contributed by atoms with Crippen LogP contribution in [0.4, 0.5) is 17.6 Å². The van der Waals surface area contributed by atoms with Crippen molar-refractivity contribution in [1.29, 1.82) is 0 Å². The Morgan fingerprint density at radius 1 is 0.893 bits per heavy atom. The lowest BCUT2D eigenvalue weighted by molar-refractivity contribution is -0.137. The zero-order valence-corrected chi connectivity index (χ0v) is 14.4. The van der Waals surface area contributed by atoms with E-state index in [0.717, 1.165) is 12.1 Å². The molecule has 0 bridgehead atoms. The number of fused-ring (bicyclic) bond motifs is 1. The molecular weight excluding hydrogens is 372 g/mol. The van der Waals surface area contributed by atoms with E-state index in [2.05, 4.69) is 4.98 Å². The SMILES string of the molecule is O=c1[nH]c2cc(-c3cccc(C(F)(F)F)c3)ccc2n1Cc1ccccc1F. The van der Waals surface area contributed by atoms with Gasteiger partial charge in [-0.15, -0.1) is 0 Å². The van der Waals surface area contributed by atoms with Gasteiger partial charge in [0.05, 0.1) is 23.1 Å². The highest BCUT2D eigenvalue weighted by Gasteiger charge is 2.30. The van der Waals surface area contributed by atoms with Gasteiger partial charge < -0.3 is 4.98 Å². The van der Waals surface area contributed by atoms with E-state index < -0.39 is 23.2 Å². The van der Waals surface area contributed by atoms with E-state index in [4.69, 9.17) is 0 Å². The third kappa shape index (κ3) is 3.31. The first-order chi connectivity index (χ1) is 13.3. The minimum Gasteiger partial charge on any atom is -0.306 e. The normalized spacial score (nSPS) is 11.9. The Labute approximate surface area is 156 Å². The number of H-pyrrole nitrogens is 1. The fourth-order valence-electron chi connectivity index (χ4n) is 3.17. The molecule has 7 heteroatoms. The second-order valence-electron chi connectivity index (χ2n) is 6.42. The number of hydrogen-bond acceptors (Lipinski definition) is 1. The standard InChI is InChI=1S/C21H14F4N2O/c22-17-7-2-1-4-15(17)12-27-19-9-8-14(11-18(19)26-20(27)28)13-5-3-6-16(10-13)21(23,24)25/h1-11H,12H2,(H,26,28). The molecule has 0 radical (unpaired) electrons. The number of nitrogens with one attached hydrogen (secondary N) is 1. The molecule has 3 aromatic carbocycles. The number of alkyl halides is 3. The summed E-state index contributed by atoms with van der Waals surface area (Å²) in [6.07, 6.45) is -4.43. The van der Waals surface area contributed by atoms with E-state index in [-0.39, 0.29) is 6.54 Å². The fraction of sp³-hybridized carbons (Fsp3) is 0.0952. The van der Waals surface area contributed by atoms with Crippen molar-refractivity contribution in [2.24, 2.45) is 0 Å². The molecule has 0 spiro atoms. The van der Waals surface area contributed by atoms with Crippen LogP contribution in [0.3, 0.4) is 0 Å². The number of benzene rings is 3. The highest BCUT2D eigenvalue weighted by Crippen LogP contribution is 2.32. The maximum atomic E-state index is 13.9. The minimum atomic E-state index is -4.43. The second-order valence-corrected chi connectivity index (χ2v) is 6.42. The molecule has 0 aliphatic heterocycles. The molecule has 0 saturated carbocycles. The van der Waals surface area contributed by atoms with Gasteiger partial charge in [-0.3, -0.25) is 4.57 Å². The van der Waals surface area contributed by atoms with Crippen LogP contribution in [0.15, 0.2) is 71.5 Å². The van der Waals surface area contributed by atoms with Gasteiger partial charge in [0.1, 0.15) is 5.82 Å². The fourth-order valence-corrected chi connectivity index (χ4v) is 3.17. The van der Waals surface area contributed by atoms with Gasteiger partial charge >= 0.3 is 11.9 Å². The maximum Gasteiger partial charge on any atom is 0.416 e. The first-order valence-electron chi connectivity index (χ1n) is 8.46. The third-order valence-corrected chi connectivity index (χ3v) is 4.58. The van der Waals surface area contributed by atoms with Crippen LogP contribution in [0.2, 0.25) is 0 Å². The smallest absolute Gasteiger partial charge is 0.306 e. The average Bonchev–Trinajstić information content (AvgIpc) is 2.97. The number of hydrogen-bond donors (Lipinski definition) is 1. The van der Waals surface area contributed by atoms with E-state index in [1.807, 2.05) is 0 Å². The second kappa shape index (κ2) is 6.67. The van der Waals surface area contributed by atoms with E-state index in [0.29, 0.717) is 27.7 Å². The van der Waals surface area contributed by atoms with Gasteiger partial charge in [-0.05, 0) is 41.5 Å². The molecule has 0 unspecified atom stereocenters. The Bertz CT molecular complexity index is 1220. The molecule has 1 N–H and O–H groups in total. The summed E-state index contributed by atoms with van der Waals surface area (Å²) in [7, 11) is 0. The summed E-state index contributed by atoms with van der Waals surface area (Å²) >= 11 is 0. The number of aromatic amines is 1. The van der Waals surface area contributed by atoms with Crippen LogP contribution in [0.5, 0.6) is 0 Å². The molecule has 0 saturated heterocycles. The van der Waals surface area contributed by atoms with Crippen molar-refractivity contribution in [3.05, 3.63) is 94.2 Å². The summed E-state index contributed by atoms with van der Waals surface area (Å²) in [5, 5.41) is 0. The lowest BCUT2D eigenvalue weighted by Gasteiger charge is -2.09. The number of imidazole rings is 1. The van der Waals surface area contributed by atoms with Gasteiger partial charge in [0.15, 0.2) is 0 Å². The molecule has 0 aliphatic rings. The van der Waals surface area contributed by atoms with E-state index >= 15 is 0 Å². The Morgan fingerprint density at radius 2 is 1.64 bits per heavy atom. The van der Waals surface area contributed by atoms with Gasteiger partial charge in [-0.1, -0.05) is 36.4 Å². The quantitative estimate of drug-likeness (QED) is 0.483. The number of halogens is 4. The Hall–Kier alpha value is -3.35.